The first-order chi connectivity index (χ1) is 13.4. The average molecular weight is 403 g/mol. The number of carboxylic acid groups (broad SMARTS) is 1. The number of benzene rings is 1. The summed E-state index contributed by atoms with van der Waals surface area (Å²) in [5, 5.41) is 24.5. The van der Waals surface area contributed by atoms with Gasteiger partial charge in [-0.1, -0.05) is 37.8 Å². The summed E-state index contributed by atoms with van der Waals surface area (Å²) in [7, 11) is 0. The van der Waals surface area contributed by atoms with Crippen LogP contribution in [0.4, 0.5) is 10.8 Å². The third-order valence-corrected chi connectivity index (χ3v) is 5.79. The first-order valence-corrected chi connectivity index (χ1v) is 10.0. The van der Waals surface area contributed by atoms with Crippen LogP contribution in [0.3, 0.4) is 0 Å². The molecule has 8 nitrogen and oxygen atoms in total. The molecular formula is C19H21N3O5S. The first kappa shape index (κ1) is 19.9. The lowest BCUT2D eigenvalue weighted by atomic mass is 9.87. The topological polar surface area (TPSA) is 122 Å². The summed E-state index contributed by atoms with van der Waals surface area (Å²) in [6.45, 7) is 0. The molecule has 1 unspecified atom stereocenters. The van der Waals surface area contributed by atoms with Crippen molar-refractivity contribution >= 4 is 34.0 Å². The van der Waals surface area contributed by atoms with Crippen LogP contribution < -0.4 is 5.32 Å². The second kappa shape index (κ2) is 8.92. The number of rotatable bonds is 8. The molecule has 1 saturated carbocycles. The maximum Gasteiger partial charge on any atom is 0.309 e. The average Bonchev–Trinajstić information content (AvgIpc) is 3.31. The number of nitro benzene ring substituents is 1. The van der Waals surface area contributed by atoms with Gasteiger partial charge in [0.2, 0.25) is 5.91 Å². The number of amides is 1. The Labute approximate surface area is 165 Å². The zero-order valence-corrected chi connectivity index (χ0v) is 16.0. The molecule has 9 heteroatoms. The van der Waals surface area contributed by atoms with Gasteiger partial charge in [-0.15, -0.1) is 11.3 Å². The number of non-ortho nitro benzene ring substituents is 1. The monoisotopic (exact) mass is 403 g/mol. The van der Waals surface area contributed by atoms with Crippen molar-refractivity contribution in [2.75, 3.05) is 5.32 Å². The number of carbonyl (C=O) groups is 2. The highest BCUT2D eigenvalue weighted by Crippen LogP contribution is 2.35. The smallest absolute Gasteiger partial charge is 0.309 e. The molecule has 0 aliphatic heterocycles. The van der Waals surface area contributed by atoms with E-state index in [-0.39, 0.29) is 18.0 Å². The Balaban J connectivity index is 1.76. The Morgan fingerprint density at radius 3 is 2.57 bits per heavy atom. The number of carbonyl (C=O) groups excluding carboxylic acids is 1. The molecule has 0 bridgehead atoms. The molecule has 3 rings (SSSR count). The second-order valence-corrected chi connectivity index (χ2v) is 7.85. The Morgan fingerprint density at radius 2 is 1.96 bits per heavy atom. The van der Waals surface area contributed by atoms with Crippen LogP contribution in [-0.2, 0) is 16.0 Å². The van der Waals surface area contributed by atoms with E-state index in [4.69, 9.17) is 5.11 Å². The minimum absolute atomic E-state index is 0.0120. The molecule has 1 aliphatic rings. The van der Waals surface area contributed by atoms with Crippen molar-refractivity contribution in [3.63, 3.8) is 0 Å². The number of anilines is 1. The standard InChI is InChI=1S/C19H21N3O5S/c23-17(24)10-14-11-28-19(20-14)21-18(25)16(9-12-3-1-2-4-12)13-5-7-15(8-6-13)22(26)27/h5-8,11-12,16H,1-4,9-10H2,(H,23,24)(H,20,21,25). The van der Waals surface area contributed by atoms with Crippen molar-refractivity contribution in [3.05, 3.63) is 51.0 Å². The van der Waals surface area contributed by atoms with Crippen molar-refractivity contribution in [2.24, 2.45) is 5.92 Å². The van der Waals surface area contributed by atoms with Gasteiger partial charge in [-0.25, -0.2) is 4.98 Å². The van der Waals surface area contributed by atoms with E-state index >= 15 is 0 Å². The number of carboxylic acids is 1. The fraction of sp³-hybridized carbons (Fsp3) is 0.421. The summed E-state index contributed by atoms with van der Waals surface area (Å²) in [6.07, 6.45) is 4.96. The SMILES string of the molecule is O=C(O)Cc1csc(NC(=O)C(CC2CCCC2)c2ccc([N+](=O)[O-])cc2)n1. The number of aromatic nitrogens is 1. The maximum absolute atomic E-state index is 13.0. The van der Waals surface area contributed by atoms with Crippen LogP contribution in [0.15, 0.2) is 29.6 Å². The maximum atomic E-state index is 13.0. The predicted molar refractivity (Wildman–Crippen MR) is 104 cm³/mol. The van der Waals surface area contributed by atoms with E-state index in [1.165, 1.54) is 23.5 Å². The van der Waals surface area contributed by atoms with Gasteiger partial charge in [0.15, 0.2) is 5.13 Å². The minimum atomic E-state index is -0.979. The molecule has 1 aromatic heterocycles. The van der Waals surface area contributed by atoms with Crippen LogP contribution in [0.25, 0.3) is 0 Å². The van der Waals surface area contributed by atoms with Crippen LogP contribution >= 0.6 is 11.3 Å². The summed E-state index contributed by atoms with van der Waals surface area (Å²) < 4.78 is 0. The predicted octanol–water partition coefficient (Wildman–Crippen LogP) is 3.98. The fourth-order valence-corrected chi connectivity index (χ4v) is 4.31. The first-order valence-electron chi connectivity index (χ1n) is 9.14. The molecule has 2 aromatic rings. The van der Waals surface area contributed by atoms with Gasteiger partial charge in [-0.2, -0.15) is 0 Å². The number of hydrogen-bond donors (Lipinski definition) is 2. The van der Waals surface area contributed by atoms with Gasteiger partial charge in [-0.05, 0) is 17.9 Å². The van der Waals surface area contributed by atoms with Crippen LogP contribution in [0, 0.1) is 16.0 Å². The van der Waals surface area contributed by atoms with Crippen molar-refractivity contribution in [2.45, 2.75) is 44.4 Å². The highest BCUT2D eigenvalue weighted by atomic mass is 32.1. The number of hydrogen-bond acceptors (Lipinski definition) is 6. The summed E-state index contributed by atoms with van der Waals surface area (Å²) in [4.78, 5) is 38.3. The summed E-state index contributed by atoms with van der Waals surface area (Å²) in [5.41, 5.74) is 1.12. The third kappa shape index (κ3) is 5.13. The molecule has 1 heterocycles. The molecule has 0 radical (unpaired) electrons. The van der Waals surface area contributed by atoms with Crippen LogP contribution in [0.1, 0.15) is 49.3 Å². The molecule has 1 aliphatic carbocycles. The van der Waals surface area contributed by atoms with Gasteiger partial charge in [-0.3, -0.25) is 19.7 Å². The number of nitrogens with zero attached hydrogens (tertiary/aromatic N) is 2. The van der Waals surface area contributed by atoms with E-state index in [1.54, 1.807) is 17.5 Å². The zero-order chi connectivity index (χ0) is 20.1. The Morgan fingerprint density at radius 1 is 1.29 bits per heavy atom. The highest BCUT2D eigenvalue weighted by molar-refractivity contribution is 7.13. The highest BCUT2D eigenvalue weighted by Gasteiger charge is 2.27. The molecule has 1 fully saturated rings. The van der Waals surface area contributed by atoms with Crippen molar-refractivity contribution < 1.29 is 19.6 Å². The Kier molecular flexibility index (Phi) is 6.35. The Bertz CT molecular complexity index is 859. The fourth-order valence-electron chi connectivity index (χ4n) is 3.60. The lowest BCUT2D eigenvalue weighted by Gasteiger charge is -2.20. The van der Waals surface area contributed by atoms with Crippen molar-refractivity contribution in [1.82, 2.24) is 4.98 Å². The van der Waals surface area contributed by atoms with Gasteiger partial charge in [0.1, 0.15) is 0 Å². The normalized spacial score (nSPS) is 15.3. The zero-order valence-electron chi connectivity index (χ0n) is 15.2. The van der Waals surface area contributed by atoms with E-state index in [0.29, 0.717) is 23.2 Å². The molecule has 148 valence electrons. The van der Waals surface area contributed by atoms with Crippen LogP contribution in [0.2, 0.25) is 0 Å². The number of nitro groups is 1. The third-order valence-electron chi connectivity index (χ3n) is 4.98. The summed E-state index contributed by atoms with van der Waals surface area (Å²) >= 11 is 1.19. The van der Waals surface area contributed by atoms with E-state index in [2.05, 4.69) is 10.3 Å². The van der Waals surface area contributed by atoms with Gasteiger partial charge in [0.05, 0.1) is 23.0 Å². The number of thiazole rings is 1. The van der Waals surface area contributed by atoms with Crippen molar-refractivity contribution in [1.29, 1.82) is 0 Å². The molecular weight excluding hydrogens is 382 g/mol. The molecule has 1 amide bonds. The lowest BCUT2D eigenvalue weighted by Crippen LogP contribution is -2.23. The lowest BCUT2D eigenvalue weighted by molar-refractivity contribution is -0.384. The molecule has 0 spiro atoms. The van der Waals surface area contributed by atoms with Gasteiger partial charge in [0, 0.05) is 17.5 Å². The van der Waals surface area contributed by atoms with E-state index < -0.39 is 16.8 Å². The van der Waals surface area contributed by atoms with Gasteiger partial charge >= 0.3 is 5.97 Å². The molecule has 1 atom stereocenters. The van der Waals surface area contributed by atoms with E-state index in [9.17, 15) is 19.7 Å². The summed E-state index contributed by atoms with van der Waals surface area (Å²) in [5.74, 6) is -1.19. The minimum Gasteiger partial charge on any atom is -0.481 e. The quantitative estimate of drug-likeness (QED) is 0.508. The molecule has 0 saturated heterocycles. The van der Waals surface area contributed by atoms with E-state index in [1.807, 2.05) is 0 Å². The summed E-state index contributed by atoms with van der Waals surface area (Å²) in [6, 6.07) is 6.10. The molecule has 1 aromatic carbocycles. The number of nitrogens with one attached hydrogen (secondary N) is 1. The van der Waals surface area contributed by atoms with Crippen LogP contribution in [-0.4, -0.2) is 26.9 Å². The van der Waals surface area contributed by atoms with E-state index in [0.717, 1.165) is 31.2 Å². The van der Waals surface area contributed by atoms with Crippen molar-refractivity contribution in [3.8, 4) is 0 Å². The molecule has 2 N–H and O–H groups in total. The number of aliphatic carboxylic acids is 1. The second-order valence-electron chi connectivity index (χ2n) is 6.99. The molecule has 28 heavy (non-hydrogen) atoms. The van der Waals surface area contributed by atoms with Crippen LogP contribution in [0.5, 0.6) is 0 Å². The largest absolute Gasteiger partial charge is 0.481 e. The van der Waals surface area contributed by atoms with Gasteiger partial charge < -0.3 is 10.4 Å². The van der Waals surface area contributed by atoms with Gasteiger partial charge in [0.25, 0.3) is 5.69 Å². The Hall–Kier alpha value is -2.81.